The molecule has 0 radical (unpaired) electrons. The Morgan fingerprint density at radius 1 is 1.03 bits per heavy atom. The molecule has 0 spiro atoms. The number of fused-ring (bicyclic) bond motifs is 2. The first-order valence-corrected chi connectivity index (χ1v) is 10.2. The van der Waals surface area contributed by atoms with Crippen molar-refractivity contribution in [1.82, 2.24) is 4.98 Å². The van der Waals surface area contributed by atoms with Gasteiger partial charge in [-0.3, -0.25) is 4.79 Å². The van der Waals surface area contributed by atoms with Gasteiger partial charge in [0, 0.05) is 10.9 Å². The molecule has 2 heterocycles. The number of hydrogen-bond acceptors (Lipinski definition) is 7. The van der Waals surface area contributed by atoms with Gasteiger partial charge in [-0.15, -0.1) is 0 Å². The molecule has 0 N–H and O–H groups in total. The summed E-state index contributed by atoms with van der Waals surface area (Å²) in [6.07, 6.45) is 0. The van der Waals surface area contributed by atoms with Crippen molar-refractivity contribution >= 4 is 28.4 Å². The number of thioether (sulfide) groups is 1. The molecule has 0 fully saturated rings. The van der Waals surface area contributed by atoms with Crippen molar-refractivity contribution in [3.8, 4) is 23.0 Å². The highest BCUT2D eigenvalue weighted by atomic mass is 32.2. The van der Waals surface area contributed by atoms with Gasteiger partial charge >= 0.3 is 0 Å². The zero-order valence-corrected chi connectivity index (χ0v) is 17.3. The Morgan fingerprint density at radius 3 is 2.52 bits per heavy atom. The number of nitrogens with zero attached hydrogens (tertiary/aromatic N) is 1. The predicted octanol–water partition coefficient (Wildman–Crippen LogP) is 4.31. The lowest BCUT2D eigenvalue weighted by Gasteiger charge is -2.18. The van der Waals surface area contributed by atoms with Crippen LogP contribution in [0.15, 0.2) is 41.4 Å². The topological polar surface area (TPSA) is 66.9 Å². The van der Waals surface area contributed by atoms with Crippen LogP contribution >= 0.6 is 11.8 Å². The fourth-order valence-corrected chi connectivity index (χ4v) is 4.16. The molecule has 2 aromatic carbocycles. The molecular formula is C22H21NO5S. The highest BCUT2D eigenvalue weighted by molar-refractivity contribution is 7.99. The number of methoxy groups -OCH3 is 2. The van der Waals surface area contributed by atoms with E-state index in [0.717, 1.165) is 27.2 Å². The minimum atomic E-state index is 0.00382. The zero-order chi connectivity index (χ0) is 20.4. The third kappa shape index (κ3) is 3.82. The molecule has 6 nitrogen and oxygen atoms in total. The van der Waals surface area contributed by atoms with Gasteiger partial charge in [0.15, 0.2) is 17.3 Å². The molecule has 0 saturated carbocycles. The second-order valence-corrected chi connectivity index (χ2v) is 7.54. The van der Waals surface area contributed by atoms with Gasteiger partial charge in [0.25, 0.3) is 0 Å². The fraction of sp³-hybridized carbons (Fsp3) is 0.273. The Bertz CT molecular complexity index is 1080. The Morgan fingerprint density at radius 2 is 1.76 bits per heavy atom. The van der Waals surface area contributed by atoms with Crippen LogP contribution in [0.3, 0.4) is 0 Å². The molecule has 0 bridgehead atoms. The molecule has 0 saturated heterocycles. The number of rotatable bonds is 6. The van der Waals surface area contributed by atoms with E-state index < -0.39 is 0 Å². The summed E-state index contributed by atoms with van der Waals surface area (Å²) in [7, 11) is 3.25. The van der Waals surface area contributed by atoms with Crippen molar-refractivity contribution in [2.75, 3.05) is 33.2 Å². The highest BCUT2D eigenvalue weighted by Gasteiger charge is 2.17. The summed E-state index contributed by atoms with van der Waals surface area (Å²) >= 11 is 1.39. The molecule has 0 unspecified atom stereocenters. The maximum Gasteiger partial charge on any atom is 0.173 e. The predicted molar refractivity (Wildman–Crippen MR) is 112 cm³/mol. The maximum atomic E-state index is 12.7. The number of hydrogen-bond donors (Lipinski definition) is 0. The van der Waals surface area contributed by atoms with Crippen LogP contribution in [-0.4, -0.2) is 44.0 Å². The summed E-state index contributed by atoms with van der Waals surface area (Å²) in [5.41, 5.74) is 2.33. The summed E-state index contributed by atoms with van der Waals surface area (Å²) in [6, 6.07) is 11.0. The minimum absolute atomic E-state index is 0.00382. The largest absolute Gasteiger partial charge is 0.496 e. The number of benzene rings is 2. The molecule has 29 heavy (non-hydrogen) atoms. The summed E-state index contributed by atoms with van der Waals surface area (Å²) in [4.78, 5) is 17.4. The van der Waals surface area contributed by atoms with Crippen LogP contribution < -0.4 is 18.9 Å². The third-order valence-electron chi connectivity index (χ3n) is 4.71. The quantitative estimate of drug-likeness (QED) is 0.442. The third-order valence-corrected chi connectivity index (χ3v) is 5.63. The van der Waals surface area contributed by atoms with E-state index in [2.05, 4.69) is 0 Å². The van der Waals surface area contributed by atoms with Gasteiger partial charge in [-0.25, -0.2) is 4.98 Å². The van der Waals surface area contributed by atoms with Crippen LogP contribution in [0.5, 0.6) is 23.0 Å². The highest BCUT2D eigenvalue weighted by Crippen LogP contribution is 2.36. The molecule has 3 aromatic rings. The first-order valence-electron chi connectivity index (χ1n) is 9.18. The second-order valence-electron chi connectivity index (χ2n) is 6.54. The monoisotopic (exact) mass is 411 g/mol. The van der Waals surface area contributed by atoms with Crippen molar-refractivity contribution in [1.29, 1.82) is 0 Å². The lowest BCUT2D eigenvalue weighted by atomic mass is 10.1. The van der Waals surface area contributed by atoms with Gasteiger partial charge in [0.1, 0.15) is 30.2 Å². The van der Waals surface area contributed by atoms with Gasteiger partial charge in [-0.2, -0.15) is 0 Å². The van der Waals surface area contributed by atoms with E-state index in [1.807, 2.05) is 25.1 Å². The number of carbonyl (C=O) groups is 1. The number of pyridine rings is 1. The van der Waals surface area contributed by atoms with Crippen LogP contribution in [0.2, 0.25) is 0 Å². The number of carbonyl (C=O) groups excluding carboxylic acids is 1. The number of ketones is 1. The second kappa shape index (κ2) is 8.21. The Balaban J connectivity index is 1.57. The number of aryl methyl sites for hydroxylation is 1. The van der Waals surface area contributed by atoms with E-state index in [1.54, 1.807) is 32.4 Å². The van der Waals surface area contributed by atoms with Gasteiger partial charge < -0.3 is 18.9 Å². The number of ether oxygens (including phenoxy) is 4. The van der Waals surface area contributed by atoms with Crippen LogP contribution in [-0.2, 0) is 0 Å². The Kier molecular flexibility index (Phi) is 5.49. The van der Waals surface area contributed by atoms with Crippen molar-refractivity contribution in [3.05, 3.63) is 47.5 Å². The number of Topliss-reactive ketones (excluding diaryl/α,β-unsaturated/α-hetero) is 1. The van der Waals surface area contributed by atoms with Gasteiger partial charge in [0.2, 0.25) is 0 Å². The summed E-state index contributed by atoms with van der Waals surface area (Å²) in [5.74, 6) is 2.98. The molecule has 0 atom stereocenters. The Hall–Kier alpha value is -2.93. The van der Waals surface area contributed by atoms with Crippen molar-refractivity contribution in [2.45, 2.75) is 11.9 Å². The summed E-state index contributed by atoms with van der Waals surface area (Å²) in [5, 5.41) is 1.67. The van der Waals surface area contributed by atoms with Crippen LogP contribution in [0, 0.1) is 6.92 Å². The van der Waals surface area contributed by atoms with E-state index in [-0.39, 0.29) is 11.5 Å². The van der Waals surface area contributed by atoms with Gasteiger partial charge in [-0.05, 0) is 48.9 Å². The van der Waals surface area contributed by atoms with Crippen molar-refractivity contribution < 1.29 is 23.7 Å². The molecule has 4 rings (SSSR count). The average Bonchev–Trinajstić information content (AvgIpc) is 2.76. The molecular weight excluding hydrogens is 390 g/mol. The SMILES string of the molecule is COc1ccc(OC)c2c(C)cc(SCC(=O)c3ccc4c(c3)OCCO4)nc12. The number of aromatic nitrogens is 1. The van der Waals surface area contributed by atoms with Gasteiger partial charge in [0.05, 0.1) is 25.0 Å². The standard InChI is InChI=1S/C22H21NO5S/c1-13-10-20(23-22-18(26-3)7-6-17(25-2)21(13)22)29-12-15(24)14-4-5-16-19(11-14)28-9-8-27-16/h4-7,10-11H,8-9,12H2,1-3H3. The first-order chi connectivity index (χ1) is 14.1. The fourth-order valence-electron chi connectivity index (χ4n) is 3.29. The molecule has 150 valence electrons. The molecule has 0 amide bonds. The van der Waals surface area contributed by atoms with Crippen molar-refractivity contribution in [3.63, 3.8) is 0 Å². The van der Waals surface area contributed by atoms with Crippen molar-refractivity contribution in [2.24, 2.45) is 0 Å². The summed E-state index contributed by atoms with van der Waals surface area (Å²) in [6.45, 7) is 3.01. The zero-order valence-electron chi connectivity index (χ0n) is 16.5. The molecule has 1 aliphatic heterocycles. The average molecular weight is 411 g/mol. The van der Waals surface area contributed by atoms with E-state index in [4.69, 9.17) is 23.9 Å². The van der Waals surface area contributed by atoms with Crippen LogP contribution in [0.4, 0.5) is 0 Å². The van der Waals surface area contributed by atoms with E-state index in [0.29, 0.717) is 36.0 Å². The molecule has 1 aromatic heterocycles. The Labute approximate surface area is 173 Å². The normalized spacial score (nSPS) is 12.7. The van der Waals surface area contributed by atoms with Crippen LogP contribution in [0.1, 0.15) is 15.9 Å². The first kappa shape index (κ1) is 19.4. The van der Waals surface area contributed by atoms with Gasteiger partial charge in [-0.1, -0.05) is 11.8 Å². The van der Waals surface area contributed by atoms with Crippen LogP contribution in [0.25, 0.3) is 10.9 Å². The maximum absolute atomic E-state index is 12.7. The van der Waals surface area contributed by atoms with E-state index >= 15 is 0 Å². The molecule has 1 aliphatic rings. The lowest BCUT2D eigenvalue weighted by molar-refractivity contribution is 0.102. The molecule has 0 aliphatic carbocycles. The van der Waals surface area contributed by atoms with E-state index in [1.165, 1.54) is 11.8 Å². The minimum Gasteiger partial charge on any atom is -0.496 e. The molecule has 7 heteroatoms. The smallest absolute Gasteiger partial charge is 0.173 e. The van der Waals surface area contributed by atoms with E-state index in [9.17, 15) is 4.79 Å². The summed E-state index contributed by atoms with van der Waals surface area (Å²) < 4.78 is 22.0. The lowest BCUT2D eigenvalue weighted by Crippen LogP contribution is -2.16.